The Hall–Kier alpha value is -2.37. The topological polar surface area (TPSA) is 67.2 Å². The number of urea groups is 1. The Balaban J connectivity index is 2.04. The van der Waals surface area contributed by atoms with Gasteiger partial charge in [-0.25, -0.2) is 9.80 Å². The average Bonchev–Trinajstić information content (AvgIpc) is 2.73. The molecular weight excluding hydrogens is 220 g/mol. The third-order valence-corrected chi connectivity index (χ3v) is 2.72. The molecule has 0 aliphatic carbocycles. The van der Waals surface area contributed by atoms with E-state index >= 15 is 0 Å². The van der Waals surface area contributed by atoms with Crippen LogP contribution in [0.15, 0.2) is 30.5 Å². The molecule has 1 N–H and O–H groups in total. The van der Waals surface area contributed by atoms with Crippen LogP contribution in [0.1, 0.15) is 6.42 Å². The average molecular weight is 230 g/mol. The van der Waals surface area contributed by atoms with Crippen molar-refractivity contribution in [3.05, 3.63) is 30.5 Å². The van der Waals surface area contributed by atoms with E-state index in [1.807, 2.05) is 24.3 Å². The van der Waals surface area contributed by atoms with E-state index in [4.69, 9.17) is 0 Å². The van der Waals surface area contributed by atoms with Crippen molar-refractivity contribution in [1.82, 2.24) is 15.2 Å². The van der Waals surface area contributed by atoms with E-state index < -0.39 is 6.03 Å². The first-order valence-corrected chi connectivity index (χ1v) is 5.30. The number of hydrogen-bond acceptors (Lipinski definition) is 3. The lowest BCUT2D eigenvalue weighted by molar-refractivity contribution is -0.120. The minimum atomic E-state index is -0.435. The molecule has 3 rings (SSSR count). The van der Waals surface area contributed by atoms with Crippen LogP contribution in [0.4, 0.5) is 4.79 Å². The van der Waals surface area contributed by atoms with E-state index in [2.05, 4.69) is 10.4 Å². The summed E-state index contributed by atoms with van der Waals surface area (Å²) in [6, 6.07) is 7.16. The van der Waals surface area contributed by atoms with Gasteiger partial charge in [0.2, 0.25) is 5.91 Å². The predicted molar refractivity (Wildman–Crippen MR) is 61.0 cm³/mol. The molecule has 1 aliphatic heterocycles. The summed E-state index contributed by atoms with van der Waals surface area (Å²) in [4.78, 5) is 24.3. The number of para-hydroxylation sites is 1. The van der Waals surface area contributed by atoms with Crippen LogP contribution in [0.5, 0.6) is 0 Å². The van der Waals surface area contributed by atoms with Crippen molar-refractivity contribution < 1.29 is 9.59 Å². The number of imide groups is 1. The fraction of sp³-hybridized carbons (Fsp3) is 0.182. The fourth-order valence-electron chi connectivity index (χ4n) is 1.89. The van der Waals surface area contributed by atoms with Crippen LogP contribution in [0, 0.1) is 0 Å². The van der Waals surface area contributed by atoms with Gasteiger partial charge in [-0.1, -0.05) is 18.2 Å². The number of carbonyl (C=O) groups excluding carboxylic acids is 2. The minimum Gasteiger partial charge on any atom is -0.276 e. The molecule has 0 atom stereocenters. The van der Waals surface area contributed by atoms with Crippen molar-refractivity contribution in [2.75, 3.05) is 11.6 Å². The van der Waals surface area contributed by atoms with Crippen LogP contribution in [-0.4, -0.2) is 28.4 Å². The molecule has 6 nitrogen and oxygen atoms in total. The number of fused-ring (bicyclic) bond motifs is 1. The van der Waals surface area contributed by atoms with Crippen molar-refractivity contribution in [3.63, 3.8) is 0 Å². The Labute approximate surface area is 96.8 Å². The molecule has 3 amide bonds. The molecular formula is C11H10N4O2. The van der Waals surface area contributed by atoms with E-state index in [9.17, 15) is 9.59 Å². The van der Waals surface area contributed by atoms with Crippen LogP contribution in [0.2, 0.25) is 0 Å². The zero-order valence-corrected chi connectivity index (χ0v) is 8.96. The predicted octanol–water partition coefficient (Wildman–Crippen LogP) is 0.614. The molecule has 6 heteroatoms. The van der Waals surface area contributed by atoms with Gasteiger partial charge in [-0.3, -0.25) is 10.1 Å². The van der Waals surface area contributed by atoms with Gasteiger partial charge < -0.3 is 0 Å². The van der Waals surface area contributed by atoms with Crippen LogP contribution in [-0.2, 0) is 4.79 Å². The van der Waals surface area contributed by atoms with Gasteiger partial charge in [0.1, 0.15) is 0 Å². The summed E-state index contributed by atoms with van der Waals surface area (Å²) >= 11 is 0. The van der Waals surface area contributed by atoms with Crippen molar-refractivity contribution in [3.8, 4) is 0 Å². The second kappa shape index (κ2) is 3.58. The van der Waals surface area contributed by atoms with E-state index in [1.54, 1.807) is 6.20 Å². The van der Waals surface area contributed by atoms with E-state index in [-0.39, 0.29) is 5.91 Å². The molecule has 86 valence electrons. The van der Waals surface area contributed by atoms with Crippen molar-refractivity contribution >= 4 is 22.8 Å². The maximum absolute atomic E-state index is 11.7. The van der Waals surface area contributed by atoms with Crippen molar-refractivity contribution in [2.24, 2.45) is 0 Å². The maximum Gasteiger partial charge on any atom is 0.344 e. The molecule has 1 aromatic carbocycles. The molecule has 2 heterocycles. The van der Waals surface area contributed by atoms with Gasteiger partial charge in [-0.15, -0.1) is 0 Å². The molecule has 1 aliphatic rings. The van der Waals surface area contributed by atoms with Crippen LogP contribution < -0.4 is 10.3 Å². The van der Waals surface area contributed by atoms with E-state index in [1.165, 1.54) is 9.80 Å². The zero-order valence-electron chi connectivity index (χ0n) is 8.96. The number of amides is 3. The number of benzene rings is 1. The first-order valence-electron chi connectivity index (χ1n) is 5.30. The smallest absolute Gasteiger partial charge is 0.276 e. The van der Waals surface area contributed by atoms with Crippen LogP contribution >= 0.6 is 0 Å². The number of rotatable bonds is 1. The molecule has 17 heavy (non-hydrogen) atoms. The Kier molecular flexibility index (Phi) is 2.07. The van der Waals surface area contributed by atoms with Gasteiger partial charge in [-0.05, 0) is 6.07 Å². The number of aromatic nitrogens is 2. The lowest BCUT2D eigenvalue weighted by atomic mass is 10.3. The molecule has 0 bridgehead atoms. The highest BCUT2D eigenvalue weighted by Crippen LogP contribution is 2.14. The van der Waals surface area contributed by atoms with Gasteiger partial charge in [0, 0.05) is 11.8 Å². The Morgan fingerprint density at radius 1 is 1.24 bits per heavy atom. The molecule has 0 unspecified atom stereocenters. The summed E-state index contributed by atoms with van der Waals surface area (Å²) in [5.74, 6) is -0.247. The Morgan fingerprint density at radius 2 is 2.06 bits per heavy atom. The molecule has 1 aromatic heterocycles. The minimum absolute atomic E-state index is 0.247. The normalized spacial score (nSPS) is 16.4. The SMILES string of the molecule is O=C1CCN(n2ncc3ccccc32)C(=O)N1. The van der Waals surface area contributed by atoms with Crippen molar-refractivity contribution in [1.29, 1.82) is 0 Å². The fourth-order valence-corrected chi connectivity index (χ4v) is 1.89. The number of nitrogens with zero attached hydrogens (tertiary/aromatic N) is 3. The lowest BCUT2D eigenvalue weighted by Crippen LogP contribution is -2.54. The standard InChI is InChI=1S/C11H10N4O2/c16-10-5-6-14(11(17)13-10)15-9-4-2-1-3-8(9)7-12-15/h1-4,7H,5-6H2,(H,13,16,17). The van der Waals surface area contributed by atoms with Gasteiger partial charge in [0.15, 0.2) is 0 Å². The molecule has 1 fully saturated rings. The van der Waals surface area contributed by atoms with Gasteiger partial charge in [0.25, 0.3) is 0 Å². The summed E-state index contributed by atoms with van der Waals surface area (Å²) in [7, 11) is 0. The number of carbonyl (C=O) groups is 2. The summed E-state index contributed by atoms with van der Waals surface area (Å²) in [6.07, 6.45) is 1.99. The van der Waals surface area contributed by atoms with Gasteiger partial charge in [-0.2, -0.15) is 9.89 Å². The first kappa shape index (κ1) is 9.83. The second-order valence-electron chi connectivity index (χ2n) is 3.82. The quantitative estimate of drug-likeness (QED) is 0.780. The van der Waals surface area contributed by atoms with E-state index in [0.29, 0.717) is 13.0 Å². The third kappa shape index (κ3) is 1.54. The second-order valence-corrected chi connectivity index (χ2v) is 3.82. The Morgan fingerprint density at radius 3 is 2.88 bits per heavy atom. The molecule has 2 aromatic rings. The van der Waals surface area contributed by atoms with Gasteiger partial charge >= 0.3 is 6.03 Å². The molecule has 0 radical (unpaired) electrons. The van der Waals surface area contributed by atoms with Gasteiger partial charge in [0.05, 0.1) is 18.3 Å². The summed E-state index contributed by atoms with van der Waals surface area (Å²) in [6.45, 7) is 0.344. The summed E-state index contributed by atoms with van der Waals surface area (Å²) in [5.41, 5.74) is 0.844. The number of nitrogens with one attached hydrogen (secondary N) is 1. The first-order chi connectivity index (χ1) is 8.25. The number of hydrogen-bond donors (Lipinski definition) is 1. The molecule has 0 saturated carbocycles. The monoisotopic (exact) mass is 230 g/mol. The van der Waals surface area contributed by atoms with Crippen LogP contribution in [0.25, 0.3) is 10.9 Å². The highest BCUT2D eigenvalue weighted by Gasteiger charge is 2.25. The zero-order chi connectivity index (χ0) is 11.8. The van der Waals surface area contributed by atoms with Crippen LogP contribution in [0.3, 0.4) is 0 Å². The largest absolute Gasteiger partial charge is 0.344 e. The van der Waals surface area contributed by atoms with E-state index in [0.717, 1.165) is 10.9 Å². The molecule has 0 spiro atoms. The summed E-state index contributed by atoms with van der Waals surface area (Å²) in [5, 5.41) is 8.81. The third-order valence-electron chi connectivity index (χ3n) is 2.72. The highest BCUT2D eigenvalue weighted by atomic mass is 16.2. The highest BCUT2D eigenvalue weighted by molar-refractivity contribution is 6.02. The van der Waals surface area contributed by atoms with Crippen molar-refractivity contribution in [2.45, 2.75) is 6.42 Å². The Bertz CT molecular complexity index is 604. The maximum atomic E-state index is 11.7. The molecule has 1 saturated heterocycles. The summed E-state index contributed by atoms with van der Waals surface area (Å²) < 4.78 is 0. The lowest BCUT2D eigenvalue weighted by Gasteiger charge is -2.26.